The molecule has 0 bridgehead atoms. The van der Waals surface area contributed by atoms with E-state index in [2.05, 4.69) is 117 Å². The molecule has 5 nitrogen and oxygen atoms in total. The van der Waals surface area contributed by atoms with Crippen LogP contribution >= 0.6 is 0 Å². The molecule has 1 fully saturated rings. The molecule has 0 radical (unpaired) electrons. The van der Waals surface area contributed by atoms with Gasteiger partial charge in [-0.05, 0) is 47.4 Å². The van der Waals surface area contributed by atoms with Gasteiger partial charge in [-0.15, -0.1) is 0 Å². The molecule has 3 heterocycles. The van der Waals surface area contributed by atoms with Gasteiger partial charge in [-0.2, -0.15) is 0 Å². The first-order chi connectivity index (χ1) is 19.2. The van der Waals surface area contributed by atoms with Crippen LogP contribution in [0, 0.1) is 0 Å². The largest absolute Gasteiger partial charge is 0.495 e. The van der Waals surface area contributed by atoms with Gasteiger partial charge in [0.15, 0.2) is 0 Å². The summed E-state index contributed by atoms with van der Waals surface area (Å²) in [5, 5.41) is 0. The Bertz CT molecular complexity index is 1360. The van der Waals surface area contributed by atoms with E-state index in [4.69, 9.17) is 4.74 Å². The third kappa shape index (κ3) is 5.47. The molecule has 1 saturated heterocycles. The first kappa shape index (κ1) is 25.7. The Kier molecular flexibility index (Phi) is 7.71. The zero-order valence-corrected chi connectivity index (χ0v) is 23.2. The summed E-state index contributed by atoms with van der Waals surface area (Å²) in [5.74, 6) is 1.38. The van der Waals surface area contributed by atoms with E-state index in [9.17, 15) is 0 Å². The van der Waals surface area contributed by atoms with Crippen molar-refractivity contribution in [1.82, 2.24) is 14.4 Å². The van der Waals surface area contributed by atoms with E-state index in [0.29, 0.717) is 12.0 Å². The van der Waals surface area contributed by atoms with Gasteiger partial charge in [0.2, 0.25) is 0 Å². The van der Waals surface area contributed by atoms with Crippen molar-refractivity contribution in [3.63, 3.8) is 0 Å². The number of aromatic nitrogens is 1. The molecule has 0 N–H and O–H groups in total. The highest BCUT2D eigenvalue weighted by Crippen LogP contribution is 2.43. The van der Waals surface area contributed by atoms with Crippen molar-refractivity contribution in [3.8, 4) is 5.75 Å². The molecule has 1 aromatic heterocycles. The maximum Gasteiger partial charge on any atom is 0.142 e. The number of benzene rings is 3. The highest BCUT2D eigenvalue weighted by molar-refractivity contribution is 5.58. The van der Waals surface area contributed by atoms with Crippen LogP contribution in [0.2, 0.25) is 0 Å². The number of nitrogens with zero attached hydrogens (tertiary/aromatic N) is 4. The summed E-state index contributed by atoms with van der Waals surface area (Å²) in [6.07, 6.45) is 3.27. The van der Waals surface area contributed by atoms with Gasteiger partial charge in [-0.3, -0.25) is 9.80 Å². The summed E-state index contributed by atoms with van der Waals surface area (Å²) >= 11 is 0. The molecule has 0 aliphatic carbocycles. The number of aryl methyl sites for hydroxylation is 1. The topological polar surface area (TPSA) is 23.9 Å². The van der Waals surface area contributed by atoms with Gasteiger partial charge in [0, 0.05) is 70.7 Å². The van der Waals surface area contributed by atoms with Crippen molar-refractivity contribution < 1.29 is 4.74 Å². The van der Waals surface area contributed by atoms with Crippen LogP contribution in [0.4, 0.5) is 5.69 Å². The predicted octanol–water partition coefficient (Wildman–Crippen LogP) is 5.74. The molecule has 0 unspecified atom stereocenters. The standard InChI is InChI=1S/C34H40N4O/c1-35-19-10-16-32(35)34-30(26-36-21-23-37(24-22-36)31-15-8-9-17-33(31)39-2)29-14-7-6-13-28(29)25-38(34)20-18-27-11-4-3-5-12-27/h3-17,19,30,34H,18,20-26H2,1-2H3/t30-,34-/m0/s1. The number of hydrogen-bond donors (Lipinski definition) is 0. The van der Waals surface area contributed by atoms with Crippen LogP contribution < -0.4 is 9.64 Å². The molecule has 2 atom stereocenters. The second kappa shape index (κ2) is 11.7. The summed E-state index contributed by atoms with van der Waals surface area (Å²) < 4.78 is 7.99. The number of anilines is 1. The zero-order valence-electron chi connectivity index (χ0n) is 23.2. The van der Waals surface area contributed by atoms with E-state index in [0.717, 1.165) is 58.0 Å². The second-order valence-corrected chi connectivity index (χ2v) is 11.0. The Morgan fingerprint density at radius 2 is 1.54 bits per heavy atom. The van der Waals surface area contributed by atoms with Crippen LogP contribution in [-0.2, 0) is 20.0 Å². The van der Waals surface area contributed by atoms with E-state index < -0.39 is 0 Å². The van der Waals surface area contributed by atoms with Crippen LogP contribution in [0.1, 0.15) is 34.3 Å². The van der Waals surface area contributed by atoms with Gasteiger partial charge in [0.25, 0.3) is 0 Å². The fraction of sp³-hybridized carbons (Fsp3) is 0.353. The molecule has 0 amide bonds. The Balaban J connectivity index is 1.25. The van der Waals surface area contributed by atoms with Crippen LogP contribution in [0.5, 0.6) is 5.75 Å². The van der Waals surface area contributed by atoms with Crippen LogP contribution in [-0.4, -0.2) is 60.7 Å². The molecule has 6 rings (SSSR count). The number of rotatable bonds is 8. The molecule has 202 valence electrons. The minimum atomic E-state index is 0.343. The van der Waals surface area contributed by atoms with Gasteiger partial charge in [-0.25, -0.2) is 0 Å². The molecule has 0 spiro atoms. The highest BCUT2D eigenvalue weighted by atomic mass is 16.5. The first-order valence-electron chi connectivity index (χ1n) is 14.3. The summed E-state index contributed by atoms with van der Waals surface area (Å²) in [6.45, 7) is 7.25. The lowest BCUT2D eigenvalue weighted by Gasteiger charge is -2.46. The maximum atomic E-state index is 5.66. The number of fused-ring (bicyclic) bond motifs is 1. The quantitative estimate of drug-likeness (QED) is 0.296. The SMILES string of the molecule is COc1ccccc1N1CCN(C[C@H]2c3ccccc3CN(CCc3ccccc3)[C@@H]2c2cccn2C)CC1. The summed E-state index contributed by atoms with van der Waals surface area (Å²) in [5.41, 5.74) is 7.03. The molecule has 39 heavy (non-hydrogen) atoms. The van der Waals surface area contributed by atoms with Gasteiger partial charge in [-0.1, -0.05) is 66.7 Å². The predicted molar refractivity (Wildman–Crippen MR) is 160 cm³/mol. The zero-order chi connectivity index (χ0) is 26.6. The molecular weight excluding hydrogens is 480 g/mol. The minimum Gasteiger partial charge on any atom is -0.495 e. The third-order valence-corrected chi connectivity index (χ3v) is 8.67. The number of hydrogen-bond acceptors (Lipinski definition) is 4. The van der Waals surface area contributed by atoms with Crippen molar-refractivity contribution in [2.45, 2.75) is 24.9 Å². The number of para-hydroxylation sites is 2. The third-order valence-electron chi connectivity index (χ3n) is 8.67. The fourth-order valence-electron chi connectivity index (χ4n) is 6.63. The van der Waals surface area contributed by atoms with Gasteiger partial charge >= 0.3 is 0 Å². The van der Waals surface area contributed by atoms with Gasteiger partial charge in [0.1, 0.15) is 5.75 Å². The monoisotopic (exact) mass is 520 g/mol. The van der Waals surface area contributed by atoms with Crippen molar-refractivity contribution in [2.24, 2.45) is 7.05 Å². The van der Waals surface area contributed by atoms with E-state index in [-0.39, 0.29) is 0 Å². The first-order valence-corrected chi connectivity index (χ1v) is 14.3. The van der Waals surface area contributed by atoms with E-state index in [1.165, 1.54) is 28.1 Å². The average molecular weight is 521 g/mol. The Hall–Kier alpha value is -3.54. The number of ether oxygens (including phenoxy) is 1. The van der Waals surface area contributed by atoms with Crippen LogP contribution in [0.3, 0.4) is 0 Å². The molecule has 5 heteroatoms. The highest BCUT2D eigenvalue weighted by Gasteiger charge is 2.38. The Morgan fingerprint density at radius 3 is 2.31 bits per heavy atom. The molecule has 3 aromatic carbocycles. The number of piperazine rings is 1. The Labute approximate surface area is 233 Å². The van der Waals surface area contributed by atoms with Crippen LogP contribution in [0.15, 0.2) is 97.2 Å². The molecular formula is C34H40N4O. The Morgan fingerprint density at radius 1 is 0.795 bits per heavy atom. The van der Waals surface area contributed by atoms with Crippen molar-refractivity contribution in [3.05, 3.63) is 120 Å². The lowest BCUT2D eigenvalue weighted by molar-refractivity contribution is 0.113. The minimum absolute atomic E-state index is 0.343. The smallest absolute Gasteiger partial charge is 0.142 e. The molecule has 2 aliphatic heterocycles. The summed E-state index contributed by atoms with van der Waals surface area (Å²) in [4.78, 5) is 7.90. The van der Waals surface area contributed by atoms with E-state index in [1.807, 2.05) is 6.07 Å². The normalized spacial score (nSPS) is 20.1. The van der Waals surface area contributed by atoms with Crippen molar-refractivity contribution in [1.29, 1.82) is 0 Å². The molecule has 2 aliphatic rings. The lowest BCUT2D eigenvalue weighted by atomic mass is 9.81. The van der Waals surface area contributed by atoms with Crippen LogP contribution in [0.25, 0.3) is 0 Å². The van der Waals surface area contributed by atoms with Gasteiger partial charge in [0.05, 0.1) is 18.8 Å². The van der Waals surface area contributed by atoms with Crippen molar-refractivity contribution in [2.75, 3.05) is 51.3 Å². The van der Waals surface area contributed by atoms with Gasteiger partial charge < -0.3 is 14.2 Å². The summed E-state index contributed by atoms with van der Waals surface area (Å²) in [7, 11) is 3.97. The second-order valence-electron chi connectivity index (χ2n) is 11.0. The van der Waals surface area contributed by atoms with Crippen molar-refractivity contribution >= 4 is 5.69 Å². The number of methoxy groups -OCH3 is 1. The summed E-state index contributed by atoms with van der Waals surface area (Å²) in [6, 6.07) is 33.4. The van der Waals surface area contributed by atoms with E-state index in [1.54, 1.807) is 7.11 Å². The fourth-order valence-corrected chi connectivity index (χ4v) is 6.63. The molecule has 4 aromatic rings. The maximum absolute atomic E-state index is 5.66. The average Bonchev–Trinajstić information content (AvgIpc) is 3.42. The lowest BCUT2D eigenvalue weighted by Crippen LogP contribution is -2.50. The molecule has 0 saturated carbocycles. The van der Waals surface area contributed by atoms with E-state index >= 15 is 0 Å².